The molecule has 0 heterocycles. The topological polar surface area (TPSA) is 92.6 Å². The van der Waals surface area contributed by atoms with E-state index in [9.17, 15) is 19.7 Å². The fourth-order valence-corrected chi connectivity index (χ4v) is 3.31. The fraction of sp³-hybridized carbons (Fsp3) is 0.391. The summed E-state index contributed by atoms with van der Waals surface area (Å²) in [6.07, 6.45) is 2.14. The minimum absolute atomic E-state index is 0.0917. The van der Waals surface area contributed by atoms with Crippen LogP contribution in [0.4, 0.5) is 5.69 Å². The van der Waals surface area contributed by atoms with Gasteiger partial charge in [-0.15, -0.1) is 0 Å². The number of hydrogen-bond acceptors (Lipinski definition) is 4. The number of nitrogens with one attached hydrogen (secondary N) is 1. The quantitative estimate of drug-likeness (QED) is 0.345. The Labute approximate surface area is 177 Å². The van der Waals surface area contributed by atoms with E-state index < -0.39 is 11.0 Å². The summed E-state index contributed by atoms with van der Waals surface area (Å²) in [7, 11) is 0. The van der Waals surface area contributed by atoms with Gasteiger partial charge in [-0.25, -0.2) is 0 Å². The molecule has 0 aliphatic carbocycles. The average Bonchev–Trinajstić information content (AvgIpc) is 2.74. The normalized spacial score (nSPS) is 11.5. The summed E-state index contributed by atoms with van der Waals surface area (Å²) in [6.45, 7) is 4.73. The molecule has 1 atom stereocenters. The lowest BCUT2D eigenvalue weighted by molar-refractivity contribution is -0.385. The van der Waals surface area contributed by atoms with Crippen LogP contribution in [0.15, 0.2) is 54.6 Å². The summed E-state index contributed by atoms with van der Waals surface area (Å²) in [5.74, 6) is -0.511. The maximum Gasteiger partial charge on any atom is 0.273 e. The van der Waals surface area contributed by atoms with E-state index in [1.54, 1.807) is 18.2 Å². The molecule has 0 aliphatic heterocycles. The highest BCUT2D eigenvalue weighted by molar-refractivity contribution is 5.88. The molecular weight excluding hydrogens is 382 g/mol. The number of nitro benzene ring substituents is 1. The summed E-state index contributed by atoms with van der Waals surface area (Å²) >= 11 is 0. The van der Waals surface area contributed by atoms with Crippen molar-refractivity contribution in [1.29, 1.82) is 0 Å². The first-order valence-electron chi connectivity index (χ1n) is 10.3. The molecule has 0 spiro atoms. The van der Waals surface area contributed by atoms with Gasteiger partial charge in [0.1, 0.15) is 6.04 Å². The largest absolute Gasteiger partial charge is 0.354 e. The third kappa shape index (κ3) is 6.40. The molecule has 0 radical (unpaired) electrons. The average molecular weight is 412 g/mol. The second kappa shape index (κ2) is 11.7. The Morgan fingerprint density at radius 2 is 1.73 bits per heavy atom. The molecule has 2 amide bonds. The first-order chi connectivity index (χ1) is 14.5. The number of carbonyl (C=O) groups is 2. The maximum atomic E-state index is 13.2. The van der Waals surface area contributed by atoms with E-state index in [1.165, 1.54) is 11.0 Å². The zero-order valence-corrected chi connectivity index (χ0v) is 17.5. The molecule has 1 N–H and O–H groups in total. The molecule has 0 bridgehead atoms. The van der Waals surface area contributed by atoms with Crippen molar-refractivity contribution < 1.29 is 14.5 Å². The van der Waals surface area contributed by atoms with Gasteiger partial charge >= 0.3 is 0 Å². The van der Waals surface area contributed by atoms with Crippen LogP contribution in [0.5, 0.6) is 0 Å². The number of nitrogens with zero attached hydrogens (tertiary/aromatic N) is 2. The van der Waals surface area contributed by atoms with E-state index in [0.29, 0.717) is 18.5 Å². The van der Waals surface area contributed by atoms with Crippen molar-refractivity contribution >= 4 is 17.5 Å². The van der Waals surface area contributed by atoms with Gasteiger partial charge in [0.2, 0.25) is 11.8 Å². The molecule has 0 saturated carbocycles. The molecule has 0 aliphatic rings. The van der Waals surface area contributed by atoms with Gasteiger partial charge in [0.15, 0.2) is 0 Å². The van der Waals surface area contributed by atoms with E-state index in [2.05, 4.69) is 5.32 Å². The maximum absolute atomic E-state index is 13.2. The van der Waals surface area contributed by atoms with Gasteiger partial charge in [0.05, 0.1) is 11.3 Å². The lowest BCUT2D eigenvalue weighted by Gasteiger charge is -2.30. The highest BCUT2D eigenvalue weighted by Crippen LogP contribution is 2.21. The smallest absolute Gasteiger partial charge is 0.273 e. The van der Waals surface area contributed by atoms with Gasteiger partial charge < -0.3 is 10.2 Å². The Morgan fingerprint density at radius 3 is 2.37 bits per heavy atom. The molecule has 0 saturated heterocycles. The Kier molecular flexibility index (Phi) is 9.00. The number of rotatable bonds is 11. The van der Waals surface area contributed by atoms with Crippen LogP contribution in [0.1, 0.15) is 44.2 Å². The van der Waals surface area contributed by atoms with Crippen LogP contribution in [-0.4, -0.2) is 34.2 Å². The molecule has 0 aromatic heterocycles. The van der Waals surface area contributed by atoms with Gasteiger partial charge in [-0.2, -0.15) is 0 Å². The van der Waals surface area contributed by atoms with Crippen molar-refractivity contribution in [1.82, 2.24) is 10.2 Å². The molecular formula is C23H29N3O4. The number of hydrogen-bond donors (Lipinski definition) is 1. The Morgan fingerprint density at radius 1 is 1.07 bits per heavy atom. The van der Waals surface area contributed by atoms with Crippen LogP contribution in [0, 0.1) is 10.1 Å². The van der Waals surface area contributed by atoms with E-state index in [0.717, 1.165) is 18.4 Å². The zero-order valence-electron chi connectivity index (χ0n) is 17.5. The van der Waals surface area contributed by atoms with E-state index in [1.807, 2.05) is 44.2 Å². The number of unbranched alkanes of at least 4 members (excludes halogenated alkanes) is 1. The zero-order chi connectivity index (χ0) is 21.9. The summed E-state index contributed by atoms with van der Waals surface area (Å²) in [5.41, 5.74) is 1.14. The minimum atomic E-state index is -0.641. The van der Waals surface area contributed by atoms with Gasteiger partial charge in [0.25, 0.3) is 5.69 Å². The molecule has 160 valence electrons. The molecule has 7 heteroatoms. The Balaban J connectivity index is 2.29. The van der Waals surface area contributed by atoms with Gasteiger partial charge in [0, 0.05) is 24.7 Å². The van der Waals surface area contributed by atoms with Crippen molar-refractivity contribution in [3.63, 3.8) is 0 Å². The third-order valence-corrected chi connectivity index (χ3v) is 4.94. The molecule has 2 aromatic rings. The minimum Gasteiger partial charge on any atom is -0.354 e. The number of amides is 2. The fourth-order valence-electron chi connectivity index (χ4n) is 3.31. The van der Waals surface area contributed by atoms with Crippen molar-refractivity contribution in [3.05, 3.63) is 75.8 Å². The third-order valence-electron chi connectivity index (χ3n) is 4.94. The molecule has 2 rings (SSSR count). The molecule has 30 heavy (non-hydrogen) atoms. The van der Waals surface area contributed by atoms with Crippen LogP contribution < -0.4 is 5.32 Å². The van der Waals surface area contributed by atoms with Crippen molar-refractivity contribution in [2.24, 2.45) is 0 Å². The van der Waals surface area contributed by atoms with E-state index in [4.69, 9.17) is 0 Å². The predicted octanol–water partition coefficient (Wildman–Crippen LogP) is 3.86. The second-order valence-corrected chi connectivity index (χ2v) is 7.14. The highest BCUT2D eigenvalue weighted by atomic mass is 16.6. The monoisotopic (exact) mass is 411 g/mol. The Hall–Kier alpha value is -3.22. The number of benzene rings is 2. The molecule has 1 unspecified atom stereocenters. The van der Waals surface area contributed by atoms with Crippen LogP contribution in [0.3, 0.4) is 0 Å². The van der Waals surface area contributed by atoms with E-state index >= 15 is 0 Å². The molecule has 2 aromatic carbocycles. The lowest BCUT2D eigenvalue weighted by Crippen LogP contribution is -2.49. The van der Waals surface area contributed by atoms with Crippen LogP contribution >= 0.6 is 0 Å². The predicted molar refractivity (Wildman–Crippen MR) is 116 cm³/mol. The van der Waals surface area contributed by atoms with Gasteiger partial charge in [-0.1, -0.05) is 68.8 Å². The first kappa shape index (κ1) is 23.1. The second-order valence-electron chi connectivity index (χ2n) is 7.14. The van der Waals surface area contributed by atoms with Gasteiger partial charge in [-0.05, 0) is 18.4 Å². The standard InChI is InChI=1S/C23H29N3O4/c1-3-5-15-24-23(28)20(4-2)25(17-18-11-7-6-8-12-18)22(27)16-19-13-9-10-14-21(19)26(29)30/h6-14,20H,3-5,15-17H2,1-2H3,(H,24,28). The summed E-state index contributed by atoms with van der Waals surface area (Å²) in [6, 6.07) is 15.0. The summed E-state index contributed by atoms with van der Waals surface area (Å²) in [4.78, 5) is 38.4. The van der Waals surface area contributed by atoms with Crippen molar-refractivity contribution in [2.75, 3.05) is 6.54 Å². The number of nitro groups is 1. The molecule has 7 nitrogen and oxygen atoms in total. The first-order valence-corrected chi connectivity index (χ1v) is 10.3. The lowest BCUT2D eigenvalue weighted by atomic mass is 10.1. The summed E-state index contributed by atoms with van der Waals surface area (Å²) in [5, 5.41) is 14.2. The number of para-hydroxylation sites is 1. The van der Waals surface area contributed by atoms with Crippen LogP contribution in [0.25, 0.3) is 0 Å². The van der Waals surface area contributed by atoms with Crippen LogP contribution in [0.2, 0.25) is 0 Å². The van der Waals surface area contributed by atoms with Crippen molar-refractivity contribution in [3.8, 4) is 0 Å². The van der Waals surface area contributed by atoms with Gasteiger partial charge in [-0.3, -0.25) is 19.7 Å². The highest BCUT2D eigenvalue weighted by Gasteiger charge is 2.29. The summed E-state index contributed by atoms with van der Waals surface area (Å²) < 4.78 is 0. The SMILES string of the molecule is CCCCNC(=O)C(CC)N(Cc1ccccc1)C(=O)Cc1ccccc1[N+](=O)[O-]. The Bertz CT molecular complexity index is 855. The van der Waals surface area contributed by atoms with Crippen molar-refractivity contribution in [2.45, 2.75) is 52.1 Å². The van der Waals surface area contributed by atoms with Crippen LogP contribution in [-0.2, 0) is 22.6 Å². The van der Waals surface area contributed by atoms with E-state index in [-0.39, 0.29) is 30.5 Å². The number of carbonyl (C=O) groups excluding carboxylic acids is 2. The molecule has 0 fully saturated rings.